The van der Waals surface area contributed by atoms with E-state index in [1.807, 2.05) is 18.0 Å². The van der Waals surface area contributed by atoms with Crippen molar-refractivity contribution in [3.63, 3.8) is 0 Å². The summed E-state index contributed by atoms with van der Waals surface area (Å²) < 4.78 is 5.13. The molecule has 2 saturated heterocycles. The van der Waals surface area contributed by atoms with Gasteiger partial charge in [-0.15, -0.1) is 0 Å². The minimum Gasteiger partial charge on any atom is -0.447 e. The minimum absolute atomic E-state index is 0.0139. The number of aryl methyl sites for hydroxylation is 1. The summed E-state index contributed by atoms with van der Waals surface area (Å²) in [6.07, 6.45) is 6.54. The average molecular weight is 436 g/mol. The number of hydrogen-bond acceptors (Lipinski definition) is 6. The third-order valence-corrected chi connectivity index (χ3v) is 6.66. The van der Waals surface area contributed by atoms with Gasteiger partial charge >= 0.3 is 6.09 Å². The number of rotatable bonds is 5. The van der Waals surface area contributed by atoms with Crippen molar-refractivity contribution in [3.05, 3.63) is 47.3 Å². The lowest BCUT2D eigenvalue weighted by Gasteiger charge is -2.36. The van der Waals surface area contributed by atoms with Gasteiger partial charge in [0.1, 0.15) is 18.2 Å². The number of ether oxygens (including phenoxy) is 1. The second-order valence-electron chi connectivity index (χ2n) is 8.88. The van der Waals surface area contributed by atoms with Crippen molar-refractivity contribution in [1.82, 2.24) is 14.9 Å². The summed E-state index contributed by atoms with van der Waals surface area (Å²) in [4.78, 5) is 39.8. The molecule has 1 saturated carbocycles. The first-order valence-electron chi connectivity index (χ1n) is 11.5. The summed E-state index contributed by atoms with van der Waals surface area (Å²) in [5, 5.41) is 0. The van der Waals surface area contributed by atoms with E-state index in [0.717, 1.165) is 25.3 Å². The molecule has 3 fully saturated rings. The largest absolute Gasteiger partial charge is 0.447 e. The summed E-state index contributed by atoms with van der Waals surface area (Å²) >= 11 is 0. The van der Waals surface area contributed by atoms with E-state index in [9.17, 15) is 9.59 Å². The van der Waals surface area contributed by atoms with Gasteiger partial charge in [0.25, 0.3) is 5.91 Å². The third kappa shape index (κ3) is 3.89. The molecule has 0 spiro atoms. The fourth-order valence-electron chi connectivity index (χ4n) is 4.56. The van der Waals surface area contributed by atoms with Crippen LogP contribution in [0.1, 0.15) is 53.6 Å². The lowest BCUT2D eigenvalue weighted by atomic mass is 10.1. The molecule has 2 aromatic heterocycles. The molecule has 1 unspecified atom stereocenters. The molecule has 0 N–H and O–H groups in total. The van der Waals surface area contributed by atoms with Gasteiger partial charge in [-0.25, -0.2) is 14.8 Å². The highest BCUT2D eigenvalue weighted by atomic mass is 16.6. The molecule has 8 nitrogen and oxygen atoms in total. The van der Waals surface area contributed by atoms with E-state index in [2.05, 4.69) is 22.9 Å². The molecule has 0 aromatic carbocycles. The maximum Gasteiger partial charge on any atom is 0.415 e. The van der Waals surface area contributed by atoms with Gasteiger partial charge in [0, 0.05) is 38.6 Å². The number of anilines is 2. The number of hydrogen-bond donors (Lipinski definition) is 0. The van der Waals surface area contributed by atoms with Crippen molar-refractivity contribution in [3.8, 4) is 0 Å². The molecule has 168 valence electrons. The molecule has 0 radical (unpaired) electrons. The highest BCUT2D eigenvalue weighted by molar-refractivity contribution is 5.95. The van der Waals surface area contributed by atoms with Crippen molar-refractivity contribution >= 4 is 23.6 Å². The maximum atomic E-state index is 13.0. The highest BCUT2D eigenvalue weighted by Crippen LogP contribution is 2.40. The zero-order valence-electron chi connectivity index (χ0n) is 18.7. The first-order valence-corrected chi connectivity index (χ1v) is 11.5. The van der Waals surface area contributed by atoms with E-state index in [1.54, 1.807) is 23.2 Å². The van der Waals surface area contributed by atoms with Crippen LogP contribution in [0.2, 0.25) is 0 Å². The van der Waals surface area contributed by atoms with Crippen LogP contribution in [0.4, 0.5) is 16.4 Å². The van der Waals surface area contributed by atoms with Crippen LogP contribution in [0.15, 0.2) is 30.6 Å². The second kappa shape index (κ2) is 8.41. The molecule has 1 atom stereocenters. The molecule has 1 aliphatic carbocycles. The molecule has 32 heavy (non-hydrogen) atoms. The SMILES string of the molecule is CCC1COC(=O)N1c1ccc(C(=O)N2CCN(c3ncc(C4CC4)cc3C)CC2)cn1. The zero-order chi connectivity index (χ0) is 22.2. The number of nitrogens with zero attached hydrogens (tertiary/aromatic N) is 5. The van der Waals surface area contributed by atoms with Gasteiger partial charge in [0.2, 0.25) is 0 Å². The van der Waals surface area contributed by atoms with Crippen LogP contribution in [0, 0.1) is 6.92 Å². The van der Waals surface area contributed by atoms with Gasteiger partial charge in [-0.2, -0.15) is 0 Å². The normalized spacial score (nSPS) is 21.1. The molecular weight excluding hydrogens is 406 g/mol. The Morgan fingerprint density at radius 1 is 1.12 bits per heavy atom. The maximum absolute atomic E-state index is 13.0. The Balaban J connectivity index is 1.21. The Hall–Kier alpha value is -3.16. The Morgan fingerprint density at radius 3 is 2.53 bits per heavy atom. The molecule has 4 heterocycles. The van der Waals surface area contributed by atoms with E-state index >= 15 is 0 Å². The second-order valence-corrected chi connectivity index (χ2v) is 8.88. The summed E-state index contributed by atoms with van der Waals surface area (Å²) in [6, 6.07) is 5.73. The lowest BCUT2D eigenvalue weighted by molar-refractivity contribution is 0.0746. The van der Waals surface area contributed by atoms with E-state index < -0.39 is 0 Å². The number of piperazine rings is 1. The number of cyclic esters (lactones) is 1. The summed E-state index contributed by atoms with van der Waals surface area (Å²) in [5.41, 5.74) is 3.09. The van der Waals surface area contributed by atoms with Crippen LogP contribution >= 0.6 is 0 Å². The minimum atomic E-state index is -0.381. The summed E-state index contributed by atoms with van der Waals surface area (Å²) in [7, 11) is 0. The molecule has 2 amide bonds. The summed E-state index contributed by atoms with van der Waals surface area (Å²) in [6.45, 7) is 7.30. The van der Waals surface area contributed by atoms with Gasteiger partial charge in [0.15, 0.2) is 0 Å². The van der Waals surface area contributed by atoms with Crippen molar-refractivity contribution in [2.75, 3.05) is 42.6 Å². The zero-order valence-corrected chi connectivity index (χ0v) is 18.7. The fourth-order valence-corrected chi connectivity index (χ4v) is 4.56. The molecule has 5 rings (SSSR count). The van der Waals surface area contributed by atoms with Crippen LogP contribution in [-0.4, -0.2) is 65.7 Å². The standard InChI is InChI=1S/C24H29N5O3/c1-3-20-15-32-24(31)29(20)21-7-6-18(13-25-21)23(30)28-10-8-27(9-11-28)22-16(2)12-19(14-26-22)17-4-5-17/h6-7,12-14,17,20H,3-5,8-11,15H2,1-2H3. The Bertz CT molecular complexity index is 1010. The van der Waals surface area contributed by atoms with Gasteiger partial charge in [-0.1, -0.05) is 13.0 Å². The Kier molecular flexibility index (Phi) is 5.45. The topological polar surface area (TPSA) is 78.9 Å². The quantitative estimate of drug-likeness (QED) is 0.717. The van der Waals surface area contributed by atoms with E-state index in [-0.39, 0.29) is 18.0 Å². The molecule has 8 heteroatoms. The molecule has 2 aliphatic heterocycles. The van der Waals surface area contributed by atoms with Crippen LogP contribution in [0.3, 0.4) is 0 Å². The van der Waals surface area contributed by atoms with Gasteiger partial charge in [-0.05, 0) is 55.4 Å². The molecule has 2 aromatic rings. The van der Waals surface area contributed by atoms with Gasteiger partial charge < -0.3 is 14.5 Å². The molecule has 0 bridgehead atoms. The number of aromatic nitrogens is 2. The molecular formula is C24H29N5O3. The number of carbonyl (C=O) groups is 2. The van der Waals surface area contributed by atoms with E-state index in [4.69, 9.17) is 9.72 Å². The van der Waals surface area contributed by atoms with Crippen LogP contribution in [0.25, 0.3) is 0 Å². The van der Waals surface area contributed by atoms with E-state index in [1.165, 1.54) is 24.0 Å². The first kappa shape index (κ1) is 20.7. The Morgan fingerprint density at radius 2 is 1.91 bits per heavy atom. The predicted molar refractivity (Wildman–Crippen MR) is 121 cm³/mol. The predicted octanol–water partition coefficient (Wildman–Crippen LogP) is 3.36. The Labute approximate surface area is 188 Å². The van der Waals surface area contributed by atoms with Crippen molar-refractivity contribution < 1.29 is 14.3 Å². The van der Waals surface area contributed by atoms with Crippen molar-refractivity contribution in [2.24, 2.45) is 0 Å². The van der Waals surface area contributed by atoms with Crippen LogP contribution in [0.5, 0.6) is 0 Å². The van der Waals surface area contributed by atoms with Gasteiger partial charge in [0.05, 0.1) is 11.6 Å². The monoisotopic (exact) mass is 435 g/mol. The number of pyridine rings is 2. The highest BCUT2D eigenvalue weighted by Gasteiger charge is 2.34. The number of carbonyl (C=O) groups excluding carboxylic acids is 2. The molecule has 3 aliphatic rings. The average Bonchev–Trinajstić information content (AvgIpc) is 3.61. The van der Waals surface area contributed by atoms with Crippen LogP contribution in [-0.2, 0) is 4.74 Å². The number of amides is 2. The first-order chi connectivity index (χ1) is 15.5. The fraction of sp³-hybridized carbons (Fsp3) is 0.500. The third-order valence-electron chi connectivity index (χ3n) is 6.66. The van der Waals surface area contributed by atoms with Gasteiger partial charge in [-0.3, -0.25) is 9.69 Å². The van der Waals surface area contributed by atoms with Crippen molar-refractivity contribution in [1.29, 1.82) is 0 Å². The smallest absolute Gasteiger partial charge is 0.415 e. The van der Waals surface area contributed by atoms with Crippen molar-refractivity contribution in [2.45, 2.75) is 45.1 Å². The van der Waals surface area contributed by atoms with E-state index in [0.29, 0.717) is 37.0 Å². The summed E-state index contributed by atoms with van der Waals surface area (Å²) in [5.74, 6) is 2.22. The lowest BCUT2D eigenvalue weighted by Crippen LogP contribution is -2.49. The van der Waals surface area contributed by atoms with Crippen LogP contribution < -0.4 is 9.80 Å².